The van der Waals surface area contributed by atoms with Crippen molar-refractivity contribution in [2.75, 3.05) is 13.2 Å². The van der Waals surface area contributed by atoms with Crippen LogP contribution in [0.5, 0.6) is 5.75 Å². The van der Waals surface area contributed by atoms with E-state index in [0.29, 0.717) is 0 Å². The molecule has 0 unspecified atom stereocenters. The minimum absolute atomic E-state index is 0.741. The van der Waals surface area contributed by atoms with Crippen LogP contribution in [0.3, 0.4) is 0 Å². The first-order valence-electron chi connectivity index (χ1n) is 6.78. The molecule has 0 aliphatic carbocycles. The predicted octanol–water partition coefficient (Wildman–Crippen LogP) is 2.46. The zero-order valence-corrected chi connectivity index (χ0v) is 11.4. The number of benzene rings is 1. The first-order valence-corrected chi connectivity index (χ1v) is 6.78. The molecule has 0 bridgehead atoms. The summed E-state index contributed by atoms with van der Waals surface area (Å²) in [6.45, 7) is 5.57. The van der Waals surface area contributed by atoms with E-state index in [-0.39, 0.29) is 0 Å². The molecule has 4 nitrogen and oxygen atoms in total. The zero-order valence-electron chi connectivity index (χ0n) is 11.4. The number of para-hydroxylation sites is 1. The lowest BCUT2D eigenvalue weighted by atomic mass is 10.3. The Bertz CT molecular complexity index is 467. The van der Waals surface area contributed by atoms with E-state index in [1.54, 1.807) is 0 Å². The van der Waals surface area contributed by atoms with E-state index < -0.39 is 0 Å². The van der Waals surface area contributed by atoms with Crippen molar-refractivity contribution in [2.45, 2.75) is 26.4 Å². The van der Waals surface area contributed by atoms with Crippen LogP contribution >= 0.6 is 0 Å². The normalized spacial score (nSPS) is 10.6. The maximum absolute atomic E-state index is 5.62. The Labute approximate surface area is 114 Å². The van der Waals surface area contributed by atoms with Gasteiger partial charge in [0.05, 0.1) is 12.8 Å². The van der Waals surface area contributed by atoms with Gasteiger partial charge in [0, 0.05) is 24.8 Å². The van der Waals surface area contributed by atoms with Crippen molar-refractivity contribution < 1.29 is 4.74 Å². The van der Waals surface area contributed by atoms with E-state index in [1.165, 1.54) is 5.56 Å². The van der Waals surface area contributed by atoms with Gasteiger partial charge in [0.2, 0.25) is 0 Å². The van der Waals surface area contributed by atoms with E-state index in [4.69, 9.17) is 4.74 Å². The van der Waals surface area contributed by atoms with Crippen LogP contribution in [0.25, 0.3) is 0 Å². The van der Waals surface area contributed by atoms with Gasteiger partial charge in [-0.1, -0.05) is 18.2 Å². The maximum atomic E-state index is 5.62. The Kier molecular flexibility index (Phi) is 5.44. The van der Waals surface area contributed by atoms with Crippen molar-refractivity contribution in [1.29, 1.82) is 0 Å². The quantitative estimate of drug-likeness (QED) is 0.740. The summed E-state index contributed by atoms with van der Waals surface area (Å²) in [7, 11) is 0. The highest BCUT2D eigenvalue weighted by Gasteiger charge is 1.97. The van der Waals surface area contributed by atoms with Crippen LogP contribution in [0.1, 0.15) is 18.9 Å². The molecule has 0 saturated heterocycles. The van der Waals surface area contributed by atoms with Gasteiger partial charge >= 0.3 is 0 Å². The Hall–Kier alpha value is -1.81. The molecular formula is C15H21N3O. The summed E-state index contributed by atoms with van der Waals surface area (Å²) in [5, 5.41) is 7.63. The molecule has 0 aliphatic rings. The standard InChI is InChI=1S/C15H21N3O/c1-2-18-13-14(12-17-18)11-16-9-6-10-19-15-7-4-3-5-8-15/h3-5,7-8,12-13,16H,2,6,9-11H2,1H3. The Balaban J connectivity index is 1.55. The van der Waals surface area contributed by atoms with Crippen molar-refractivity contribution >= 4 is 0 Å². The minimum atomic E-state index is 0.741. The fraction of sp³-hybridized carbons (Fsp3) is 0.400. The molecule has 2 rings (SSSR count). The second-order valence-electron chi connectivity index (χ2n) is 4.40. The van der Waals surface area contributed by atoms with Crippen molar-refractivity contribution in [3.05, 3.63) is 48.3 Å². The van der Waals surface area contributed by atoms with Gasteiger partial charge in [-0.25, -0.2) is 0 Å². The number of hydrogen-bond donors (Lipinski definition) is 1. The highest BCUT2D eigenvalue weighted by Crippen LogP contribution is 2.08. The first kappa shape index (κ1) is 13.6. The monoisotopic (exact) mass is 259 g/mol. The third-order valence-corrected chi connectivity index (χ3v) is 2.85. The van der Waals surface area contributed by atoms with E-state index in [0.717, 1.165) is 38.4 Å². The number of hydrogen-bond acceptors (Lipinski definition) is 3. The lowest BCUT2D eigenvalue weighted by Crippen LogP contribution is -2.16. The molecule has 2 aromatic rings. The number of aryl methyl sites for hydroxylation is 1. The summed E-state index contributed by atoms with van der Waals surface area (Å²) in [5.41, 5.74) is 1.23. The van der Waals surface area contributed by atoms with Crippen LogP contribution in [0.2, 0.25) is 0 Å². The average Bonchev–Trinajstić information content (AvgIpc) is 2.92. The molecule has 102 valence electrons. The number of rotatable bonds is 8. The molecule has 1 aromatic carbocycles. The topological polar surface area (TPSA) is 39.1 Å². The van der Waals surface area contributed by atoms with E-state index >= 15 is 0 Å². The zero-order chi connectivity index (χ0) is 13.3. The largest absolute Gasteiger partial charge is 0.494 e. The van der Waals surface area contributed by atoms with Gasteiger partial charge in [-0.3, -0.25) is 4.68 Å². The summed E-state index contributed by atoms with van der Waals surface area (Å²) in [4.78, 5) is 0. The van der Waals surface area contributed by atoms with Gasteiger partial charge in [0.15, 0.2) is 0 Å². The Morgan fingerprint density at radius 2 is 2.11 bits per heavy atom. The van der Waals surface area contributed by atoms with Gasteiger partial charge in [0.1, 0.15) is 5.75 Å². The van der Waals surface area contributed by atoms with Gasteiger partial charge in [-0.2, -0.15) is 5.10 Å². The molecule has 1 aromatic heterocycles. The van der Waals surface area contributed by atoms with Crippen molar-refractivity contribution in [1.82, 2.24) is 15.1 Å². The second kappa shape index (κ2) is 7.59. The summed E-state index contributed by atoms with van der Waals surface area (Å²) in [6, 6.07) is 9.92. The smallest absolute Gasteiger partial charge is 0.119 e. The van der Waals surface area contributed by atoms with Crippen LogP contribution in [-0.2, 0) is 13.1 Å². The molecule has 1 N–H and O–H groups in total. The van der Waals surface area contributed by atoms with Gasteiger partial charge in [-0.15, -0.1) is 0 Å². The molecule has 1 heterocycles. The van der Waals surface area contributed by atoms with Crippen LogP contribution in [-0.4, -0.2) is 22.9 Å². The molecule has 0 amide bonds. The van der Waals surface area contributed by atoms with Crippen molar-refractivity contribution in [3.8, 4) is 5.75 Å². The van der Waals surface area contributed by atoms with E-state index in [9.17, 15) is 0 Å². The lowest BCUT2D eigenvalue weighted by molar-refractivity contribution is 0.308. The maximum Gasteiger partial charge on any atom is 0.119 e. The highest BCUT2D eigenvalue weighted by atomic mass is 16.5. The van der Waals surface area contributed by atoms with Gasteiger partial charge < -0.3 is 10.1 Å². The van der Waals surface area contributed by atoms with E-state index in [1.807, 2.05) is 41.2 Å². The fourth-order valence-corrected chi connectivity index (χ4v) is 1.81. The number of ether oxygens (including phenoxy) is 1. The first-order chi connectivity index (χ1) is 9.38. The molecule has 19 heavy (non-hydrogen) atoms. The summed E-state index contributed by atoms with van der Waals surface area (Å²) in [6.07, 6.45) is 4.99. The van der Waals surface area contributed by atoms with Crippen LogP contribution in [0.15, 0.2) is 42.7 Å². The van der Waals surface area contributed by atoms with Crippen molar-refractivity contribution in [2.24, 2.45) is 0 Å². The third-order valence-electron chi connectivity index (χ3n) is 2.85. The van der Waals surface area contributed by atoms with Crippen molar-refractivity contribution in [3.63, 3.8) is 0 Å². The second-order valence-corrected chi connectivity index (χ2v) is 4.40. The van der Waals surface area contributed by atoms with Gasteiger partial charge in [-0.05, 0) is 32.0 Å². The van der Waals surface area contributed by atoms with Crippen LogP contribution < -0.4 is 10.1 Å². The van der Waals surface area contributed by atoms with Crippen LogP contribution in [0.4, 0.5) is 0 Å². The van der Waals surface area contributed by atoms with E-state index in [2.05, 4.69) is 23.5 Å². The molecule has 0 spiro atoms. The summed E-state index contributed by atoms with van der Waals surface area (Å²) >= 11 is 0. The molecule has 0 fully saturated rings. The highest BCUT2D eigenvalue weighted by molar-refractivity contribution is 5.20. The molecule has 4 heteroatoms. The summed E-state index contributed by atoms with van der Waals surface area (Å²) < 4.78 is 7.56. The predicted molar refractivity (Wildman–Crippen MR) is 76.2 cm³/mol. The molecule has 0 aliphatic heterocycles. The molecule has 0 saturated carbocycles. The number of nitrogens with zero attached hydrogens (tertiary/aromatic N) is 2. The average molecular weight is 259 g/mol. The molecule has 0 atom stereocenters. The van der Waals surface area contributed by atoms with Gasteiger partial charge in [0.25, 0.3) is 0 Å². The lowest BCUT2D eigenvalue weighted by Gasteiger charge is -2.06. The molecule has 0 radical (unpaired) electrons. The Morgan fingerprint density at radius 3 is 2.84 bits per heavy atom. The summed E-state index contributed by atoms with van der Waals surface area (Å²) in [5.74, 6) is 0.937. The minimum Gasteiger partial charge on any atom is -0.494 e. The third kappa shape index (κ3) is 4.75. The molecular weight excluding hydrogens is 238 g/mol. The SMILES string of the molecule is CCn1cc(CNCCCOc2ccccc2)cn1. The fourth-order valence-electron chi connectivity index (χ4n) is 1.81. The number of nitrogens with one attached hydrogen (secondary N) is 1. The van der Waals surface area contributed by atoms with Crippen LogP contribution in [0, 0.1) is 0 Å². The number of aromatic nitrogens is 2. The Morgan fingerprint density at radius 1 is 1.26 bits per heavy atom.